The number of nitrogens with zero attached hydrogens (tertiary/aromatic N) is 2. The van der Waals surface area contributed by atoms with E-state index in [9.17, 15) is 4.79 Å². The van der Waals surface area contributed by atoms with E-state index in [0.29, 0.717) is 17.3 Å². The molecule has 0 fully saturated rings. The molecule has 0 unspecified atom stereocenters. The van der Waals surface area contributed by atoms with Gasteiger partial charge in [0.05, 0.1) is 17.1 Å². The van der Waals surface area contributed by atoms with E-state index in [-0.39, 0.29) is 18.6 Å². The third-order valence-corrected chi connectivity index (χ3v) is 5.07. The molecule has 0 aliphatic heterocycles. The van der Waals surface area contributed by atoms with E-state index in [1.165, 1.54) is 0 Å². The second kappa shape index (κ2) is 9.01. The Kier molecular flexibility index (Phi) is 6.00. The fraction of sp³-hybridized carbons (Fsp3) is 0.167. The minimum absolute atomic E-state index is 0.0498. The first-order valence-corrected chi connectivity index (χ1v) is 10.1. The molecule has 0 radical (unpaired) electrons. The molecule has 0 aliphatic rings. The number of hydrogen-bond acceptors (Lipinski definition) is 3. The van der Waals surface area contributed by atoms with Gasteiger partial charge in [0.2, 0.25) is 0 Å². The number of amides is 1. The summed E-state index contributed by atoms with van der Waals surface area (Å²) in [5.41, 5.74) is 3.02. The highest BCUT2D eigenvalue weighted by atomic mass is 35.5. The Morgan fingerprint density at radius 1 is 1.03 bits per heavy atom. The van der Waals surface area contributed by atoms with Crippen LogP contribution in [-0.4, -0.2) is 22.1 Å². The number of aromatic nitrogens is 2. The molecule has 1 heterocycles. The van der Waals surface area contributed by atoms with Crippen molar-refractivity contribution in [3.63, 3.8) is 0 Å². The molecule has 1 amide bonds. The van der Waals surface area contributed by atoms with Gasteiger partial charge in [-0.1, -0.05) is 54.1 Å². The Bertz CT molecular complexity index is 1140. The van der Waals surface area contributed by atoms with Gasteiger partial charge >= 0.3 is 0 Å². The summed E-state index contributed by atoms with van der Waals surface area (Å²) in [7, 11) is 0. The normalized spacial score (nSPS) is 11.9. The van der Waals surface area contributed by atoms with Crippen LogP contribution >= 0.6 is 11.6 Å². The predicted octanol–water partition coefficient (Wildman–Crippen LogP) is 4.99. The number of rotatable bonds is 7. The summed E-state index contributed by atoms with van der Waals surface area (Å²) in [5.74, 6) is 1.26. The van der Waals surface area contributed by atoms with Crippen LogP contribution in [0.3, 0.4) is 0 Å². The molecule has 5 nitrogen and oxygen atoms in total. The van der Waals surface area contributed by atoms with Crippen LogP contribution in [0.5, 0.6) is 5.75 Å². The number of hydrogen-bond donors (Lipinski definition) is 1. The standard InChI is InChI=1S/C24H22ClN3O2/c1-17(26-23(29)16-30-20-7-3-2-4-8-20)24-27-21-9-5-6-10-22(21)28(24)15-18-11-13-19(25)14-12-18/h2-14,17H,15-16H2,1H3,(H,26,29)/t17-/m0/s1. The number of carbonyl (C=O) groups is 1. The lowest BCUT2D eigenvalue weighted by Gasteiger charge is -2.17. The number of halogens is 1. The van der Waals surface area contributed by atoms with Gasteiger partial charge < -0.3 is 14.6 Å². The molecule has 0 saturated carbocycles. The molecule has 0 saturated heterocycles. The number of nitrogens with one attached hydrogen (secondary N) is 1. The summed E-state index contributed by atoms with van der Waals surface area (Å²) < 4.78 is 7.68. The molecule has 4 rings (SSSR count). The Labute approximate surface area is 180 Å². The van der Waals surface area contributed by atoms with Crippen molar-refractivity contribution in [3.8, 4) is 5.75 Å². The molecule has 0 spiro atoms. The van der Waals surface area contributed by atoms with Gasteiger partial charge in [-0.15, -0.1) is 0 Å². The van der Waals surface area contributed by atoms with Crippen molar-refractivity contribution in [2.24, 2.45) is 0 Å². The molecule has 4 aromatic rings. The molecule has 6 heteroatoms. The average Bonchev–Trinajstić information content (AvgIpc) is 3.13. The molecule has 152 valence electrons. The van der Waals surface area contributed by atoms with Crippen LogP contribution in [0, 0.1) is 0 Å². The Morgan fingerprint density at radius 3 is 2.50 bits per heavy atom. The molecule has 30 heavy (non-hydrogen) atoms. The van der Waals surface area contributed by atoms with E-state index < -0.39 is 0 Å². The fourth-order valence-corrected chi connectivity index (χ4v) is 3.50. The lowest BCUT2D eigenvalue weighted by Crippen LogP contribution is -2.32. The van der Waals surface area contributed by atoms with Crippen molar-refractivity contribution in [1.82, 2.24) is 14.9 Å². The molecular formula is C24H22ClN3O2. The zero-order chi connectivity index (χ0) is 20.9. The third-order valence-electron chi connectivity index (χ3n) is 4.82. The Balaban J connectivity index is 1.53. The summed E-state index contributed by atoms with van der Waals surface area (Å²) in [6.07, 6.45) is 0. The van der Waals surface area contributed by atoms with Crippen molar-refractivity contribution in [3.05, 3.63) is 95.3 Å². The van der Waals surface area contributed by atoms with Crippen molar-refractivity contribution in [2.45, 2.75) is 19.5 Å². The van der Waals surface area contributed by atoms with Gasteiger partial charge in [-0.2, -0.15) is 0 Å². The van der Waals surface area contributed by atoms with Crippen molar-refractivity contribution < 1.29 is 9.53 Å². The van der Waals surface area contributed by atoms with Crippen molar-refractivity contribution in [2.75, 3.05) is 6.61 Å². The second-order valence-electron chi connectivity index (χ2n) is 7.06. The molecule has 1 N–H and O–H groups in total. The van der Waals surface area contributed by atoms with Crippen LogP contribution in [0.15, 0.2) is 78.9 Å². The molecule has 1 aromatic heterocycles. The smallest absolute Gasteiger partial charge is 0.258 e. The number of benzene rings is 3. The van der Waals surface area contributed by atoms with E-state index in [1.807, 2.05) is 85.8 Å². The van der Waals surface area contributed by atoms with Crippen molar-refractivity contribution in [1.29, 1.82) is 0 Å². The monoisotopic (exact) mass is 419 g/mol. The number of fused-ring (bicyclic) bond motifs is 1. The van der Waals surface area contributed by atoms with E-state index in [4.69, 9.17) is 21.3 Å². The summed E-state index contributed by atoms with van der Waals surface area (Å²) in [6.45, 7) is 2.51. The van der Waals surface area contributed by atoms with Gasteiger partial charge in [0.1, 0.15) is 11.6 Å². The summed E-state index contributed by atoms with van der Waals surface area (Å²) >= 11 is 6.02. The van der Waals surface area contributed by atoms with Crippen LogP contribution in [0.4, 0.5) is 0 Å². The van der Waals surface area contributed by atoms with Crippen LogP contribution in [-0.2, 0) is 11.3 Å². The van der Waals surface area contributed by atoms with Gasteiger partial charge in [0, 0.05) is 11.6 Å². The van der Waals surface area contributed by atoms with Crippen LogP contribution < -0.4 is 10.1 Å². The number of carbonyl (C=O) groups excluding carboxylic acids is 1. The van der Waals surface area contributed by atoms with E-state index >= 15 is 0 Å². The van der Waals surface area contributed by atoms with E-state index in [2.05, 4.69) is 9.88 Å². The second-order valence-corrected chi connectivity index (χ2v) is 7.50. The van der Waals surface area contributed by atoms with Crippen molar-refractivity contribution >= 4 is 28.5 Å². The number of imidazole rings is 1. The molecule has 0 aliphatic carbocycles. The lowest BCUT2D eigenvalue weighted by molar-refractivity contribution is -0.123. The summed E-state index contributed by atoms with van der Waals surface area (Å²) in [6, 6.07) is 24.7. The molecule has 1 atom stereocenters. The van der Waals surface area contributed by atoms with Gasteiger partial charge in [0.25, 0.3) is 5.91 Å². The zero-order valence-corrected chi connectivity index (χ0v) is 17.3. The largest absolute Gasteiger partial charge is 0.484 e. The van der Waals surface area contributed by atoms with Gasteiger partial charge in [0.15, 0.2) is 6.61 Å². The first kappa shape index (κ1) is 20.0. The fourth-order valence-electron chi connectivity index (χ4n) is 3.38. The maximum absolute atomic E-state index is 12.4. The number of para-hydroxylation sites is 3. The molecular weight excluding hydrogens is 398 g/mol. The highest BCUT2D eigenvalue weighted by Gasteiger charge is 2.19. The minimum Gasteiger partial charge on any atom is -0.484 e. The highest BCUT2D eigenvalue weighted by molar-refractivity contribution is 6.30. The van der Waals surface area contributed by atoms with Crippen LogP contribution in [0.25, 0.3) is 11.0 Å². The maximum atomic E-state index is 12.4. The molecule has 0 bridgehead atoms. The predicted molar refractivity (Wildman–Crippen MR) is 119 cm³/mol. The average molecular weight is 420 g/mol. The lowest BCUT2D eigenvalue weighted by atomic mass is 10.2. The van der Waals surface area contributed by atoms with E-state index in [0.717, 1.165) is 22.4 Å². The first-order valence-electron chi connectivity index (χ1n) is 9.77. The minimum atomic E-state index is -0.281. The first-order chi connectivity index (χ1) is 14.6. The van der Waals surface area contributed by atoms with Crippen LogP contribution in [0.1, 0.15) is 24.4 Å². The SMILES string of the molecule is C[C@H](NC(=O)COc1ccccc1)c1nc2ccccc2n1Cc1ccc(Cl)cc1. The van der Waals surface area contributed by atoms with Gasteiger partial charge in [-0.05, 0) is 48.9 Å². The summed E-state index contributed by atoms with van der Waals surface area (Å²) in [4.78, 5) is 17.2. The number of ether oxygens (including phenoxy) is 1. The Morgan fingerprint density at radius 2 is 1.73 bits per heavy atom. The third kappa shape index (κ3) is 4.63. The maximum Gasteiger partial charge on any atom is 0.258 e. The van der Waals surface area contributed by atoms with Gasteiger partial charge in [-0.3, -0.25) is 4.79 Å². The topological polar surface area (TPSA) is 56.1 Å². The molecule has 3 aromatic carbocycles. The highest BCUT2D eigenvalue weighted by Crippen LogP contribution is 2.23. The zero-order valence-electron chi connectivity index (χ0n) is 16.6. The van der Waals surface area contributed by atoms with E-state index in [1.54, 1.807) is 0 Å². The Hall–Kier alpha value is -3.31. The summed E-state index contributed by atoms with van der Waals surface area (Å²) in [5, 5.41) is 3.70. The quantitative estimate of drug-likeness (QED) is 0.459. The van der Waals surface area contributed by atoms with Crippen LogP contribution in [0.2, 0.25) is 5.02 Å². The van der Waals surface area contributed by atoms with Gasteiger partial charge in [-0.25, -0.2) is 4.98 Å².